The van der Waals surface area contributed by atoms with Crippen molar-refractivity contribution in [1.82, 2.24) is 13.9 Å². The van der Waals surface area contributed by atoms with Gasteiger partial charge in [0.25, 0.3) is 0 Å². The van der Waals surface area contributed by atoms with Crippen molar-refractivity contribution in [3.05, 3.63) is 84.1 Å². The van der Waals surface area contributed by atoms with Gasteiger partial charge in [0, 0.05) is 12.7 Å². The maximum Gasteiger partial charge on any atom is 0.242 e. The third kappa shape index (κ3) is 5.19. The maximum atomic E-state index is 13.6. The van der Waals surface area contributed by atoms with Crippen molar-refractivity contribution in [2.24, 2.45) is 0 Å². The van der Waals surface area contributed by atoms with Gasteiger partial charge < -0.3 is 0 Å². The zero-order valence-electron chi connectivity index (χ0n) is 17.3. The minimum Gasteiger partial charge on any atom is -0.276 e. The van der Waals surface area contributed by atoms with Gasteiger partial charge >= 0.3 is 0 Å². The third-order valence-corrected chi connectivity index (χ3v) is 7.12. The van der Waals surface area contributed by atoms with E-state index < -0.39 is 10.0 Å². The largest absolute Gasteiger partial charge is 0.276 e. The molecule has 0 aliphatic rings. The first-order valence-electron chi connectivity index (χ1n) is 10.1. The first-order valence-corrected chi connectivity index (χ1v) is 11.5. The summed E-state index contributed by atoms with van der Waals surface area (Å²) in [5.41, 5.74) is 2.23. The lowest BCUT2D eigenvalue weighted by atomic mass is 9.48. The number of rotatable bonds is 9. The van der Waals surface area contributed by atoms with Crippen molar-refractivity contribution >= 4 is 23.7 Å². The Labute approximate surface area is 175 Å². The molecule has 0 radical (unpaired) electrons. The number of aromatic nitrogens is 2. The molecule has 2 aromatic carbocycles. The van der Waals surface area contributed by atoms with Crippen LogP contribution in [0.15, 0.2) is 78.0 Å². The highest BCUT2D eigenvalue weighted by Gasteiger charge is 2.37. The number of aryl methyl sites for hydroxylation is 1. The smallest absolute Gasteiger partial charge is 0.242 e. The summed E-state index contributed by atoms with van der Waals surface area (Å²) in [5.74, 6) is 0. The van der Waals surface area contributed by atoms with Gasteiger partial charge in [-0.15, -0.1) is 0 Å². The van der Waals surface area contributed by atoms with Crippen LogP contribution >= 0.6 is 0 Å². The molecule has 0 saturated heterocycles. The molecule has 8 heteroatoms. The Morgan fingerprint density at radius 3 is 1.76 bits per heavy atom. The van der Waals surface area contributed by atoms with E-state index >= 15 is 0 Å². The molecule has 0 spiro atoms. The summed E-state index contributed by atoms with van der Waals surface area (Å²) >= 11 is 0. The van der Waals surface area contributed by atoms with Gasteiger partial charge in [-0.1, -0.05) is 85.4 Å². The van der Waals surface area contributed by atoms with Crippen LogP contribution in [-0.2, 0) is 29.2 Å². The van der Waals surface area contributed by atoms with Crippen LogP contribution in [0, 0.1) is 0 Å². The van der Waals surface area contributed by atoms with E-state index in [0.29, 0.717) is 19.2 Å². The van der Waals surface area contributed by atoms with Gasteiger partial charge in [-0.05, 0) is 25.6 Å². The molecule has 0 bridgehead atoms. The first-order chi connectivity index (χ1) is 13.9. The summed E-state index contributed by atoms with van der Waals surface area (Å²) in [5, 5.41) is 4.40. The number of hydrogen-bond donors (Lipinski definition) is 0. The Morgan fingerprint density at radius 1 is 0.862 bits per heavy atom. The molecule has 5 nitrogen and oxygen atoms in total. The molecule has 0 saturated carbocycles. The van der Waals surface area contributed by atoms with Crippen molar-refractivity contribution in [3.63, 3.8) is 0 Å². The summed E-state index contributed by atoms with van der Waals surface area (Å²) in [6, 6.07) is 21.6. The molecule has 150 valence electrons. The second-order valence-corrected chi connectivity index (χ2v) is 9.21. The Balaban J connectivity index is 1.93. The first kappa shape index (κ1) is 21.4. The molecule has 0 unspecified atom stereocenters. The predicted octanol–water partition coefficient (Wildman–Crippen LogP) is 3.70. The molecule has 0 aliphatic heterocycles. The molecular formula is C21H27B2N3O2S. The maximum absolute atomic E-state index is 13.6. The van der Waals surface area contributed by atoms with Gasteiger partial charge in [-0.2, -0.15) is 5.10 Å². The summed E-state index contributed by atoms with van der Waals surface area (Å²) in [4.78, 5) is 0. The Kier molecular flexibility index (Phi) is 6.98. The monoisotopic (exact) mass is 407 g/mol. The molecule has 0 fully saturated rings. The van der Waals surface area contributed by atoms with Crippen LogP contribution < -0.4 is 0 Å². The lowest BCUT2D eigenvalue weighted by molar-refractivity contribution is 0.561. The van der Waals surface area contributed by atoms with E-state index in [4.69, 9.17) is 0 Å². The van der Waals surface area contributed by atoms with Crippen LogP contribution in [0.25, 0.3) is 0 Å². The minimum absolute atomic E-state index is 0.110. The highest BCUT2D eigenvalue weighted by molar-refractivity contribution is 7.91. The van der Waals surface area contributed by atoms with Gasteiger partial charge in [0.2, 0.25) is 23.7 Å². The zero-order chi connectivity index (χ0) is 20.9. The van der Waals surface area contributed by atoms with Crippen molar-refractivity contribution in [2.45, 2.75) is 44.8 Å². The fraction of sp³-hybridized carbons (Fsp3) is 0.286. The van der Waals surface area contributed by atoms with Gasteiger partial charge in [0.15, 0.2) is 5.03 Å². The van der Waals surface area contributed by atoms with Crippen LogP contribution in [0.3, 0.4) is 0 Å². The molecule has 0 N–H and O–H groups in total. The lowest BCUT2D eigenvalue weighted by Gasteiger charge is -2.30. The van der Waals surface area contributed by atoms with Crippen molar-refractivity contribution in [3.8, 4) is 0 Å². The fourth-order valence-corrected chi connectivity index (χ4v) is 5.52. The predicted molar refractivity (Wildman–Crippen MR) is 120 cm³/mol. The molecule has 0 amide bonds. The van der Waals surface area contributed by atoms with Crippen LogP contribution in [0.1, 0.15) is 18.1 Å². The Morgan fingerprint density at radius 2 is 1.34 bits per heavy atom. The molecule has 0 aliphatic carbocycles. The van der Waals surface area contributed by atoms with E-state index in [2.05, 4.69) is 5.10 Å². The number of sulfonamides is 1. The van der Waals surface area contributed by atoms with Gasteiger partial charge in [-0.3, -0.25) is 8.81 Å². The Hall–Kier alpha value is -2.31. The summed E-state index contributed by atoms with van der Waals surface area (Å²) in [7, 11) is -3.73. The van der Waals surface area contributed by atoms with E-state index in [9.17, 15) is 8.42 Å². The minimum atomic E-state index is -3.73. The van der Waals surface area contributed by atoms with E-state index in [1.165, 1.54) is 0 Å². The average Bonchev–Trinajstić information content (AvgIpc) is 3.19. The zero-order valence-corrected chi connectivity index (χ0v) is 18.1. The average molecular weight is 407 g/mol. The third-order valence-electron chi connectivity index (χ3n) is 5.10. The molecule has 1 aromatic heterocycles. The number of nitrogens with zero attached hydrogens (tertiary/aromatic N) is 3. The van der Waals surface area contributed by atoms with E-state index in [0.717, 1.165) is 11.1 Å². The second kappa shape index (κ2) is 9.46. The van der Waals surface area contributed by atoms with Crippen molar-refractivity contribution in [1.29, 1.82) is 0 Å². The van der Waals surface area contributed by atoms with Gasteiger partial charge in [-0.25, -0.2) is 8.42 Å². The second-order valence-electron chi connectivity index (χ2n) is 7.42. The van der Waals surface area contributed by atoms with Gasteiger partial charge in [0.05, 0.1) is 0 Å². The van der Waals surface area contributed by atoms with Crippen LogP contribution in [0.5, 0.6) is 0 Å². The lowest BCUT2D eigenvalue weighted by Crippen LogP contribution is -2.52. The standard InChI is InChI=1S/C21H27B2N3O2S/c1-4-25-16-15-21(24-25)29(27,28)26(22(2)17-19-11-7-5-8-12-19)23(3)18-20-13-9-6-10-14-20/h5-16H,4,17-18H2,1-3H3. The Bertz CT molecular complexity index is 963. The quantitative estimate of drug-likeness (QED) is 0.509. The summed E-state index contributed by atoms with van der Waals surface area (Å²) in [6.45, 7) is 6.12. The summed E-state index contributed by atoms with van der Waals surface area (Å²) < 4.78 is 30.4. The fourth-order valence-electron chi connectivity index (χ4n) is 3.76. The normalized spacial score (nSPS) is 11.6. The molecule has 29 heavy (non-hydrogen) atoms. The molecule has 3 rings (SSSR count). The topological polar surface area (TPSA) is 55.2 Å². The highest BCUT2D eigenvalue weighted by atomic mass is 32.2. The molecule has 3 aromatic rings. The number of benzene rings is 2. The molecule has 0 atom stereocenters. The SMILES string of the molecule is CCn1ccc(S(=O)(=O)N(B(C)Cc2ccccc2)B(C)Cc2ccccc2)n1. The van der Waals surface area contributed by atoms with E-state index in [1.54, 1.807) is 21.1 Å². The van der Waals surface area contributed by atoms with E-state index in [1.807, 2.05) is 81.2 Å². The van der Waals surface area contributed by atoms with Crippen molar-refractivity contribution < 1.29 is 8.42 Å². The number of hydrogen-bond acceptors (Lipinski definition) is 3. The molecular weight excluding hydrogens is 380 g/mol. The van der Waals surface area contributed by atoms with Crippen LogP contribution in [-0.4, -0.2) is 36.0 Å². The van der Waals surface area contributed by atoms with Crippen LogP contribution in [0.2, 0.25) is 13.6 Å². The summed E-state index contributed by atoms with van der Waals surface area (Å²) in [6.07, 6.45) is 3.01. The molecule has 1 heterocycles. The highest BCUT2D eigenvalue weighted by Crippen LogP contribution is 2.21. The van der Waals surface area contributed by atoms with Crippen molar-refractivity contribution in [2.75, 3.05) is 0 Å². The van der Waals surface area contributed by atoms with E-state index in [-0.39, 0.29) is 18.7 Å². The van der Waals surface area contributed by atoms with Gasteiger partial charge in [0.1, 0.15) is 0 Å². The van der Waals surface area contributed by atoms with Crippen LogP contribution in [0.4, 0.5) is 0 Å².